The fraction of sp³-hybridized carbons (Fsp3) is 1.00. The van der Waals surface area contributed by atoms with E-state index >= 15 is 0 Å². The van der Waals surface area contributed by atoms with Gasteiger partial charge in [0.15, 0.2) is 16.3 Å². The third-order valence-corrected chi connectivity index (χ3v) is 2.31. The molecule has 0 aliphatic carbocycles. The molecule has 0 amide bonds. The zero-order chi connectivity index (χ0) is 14.6. The molecule has 1 atom stereocenters. The van der Waals surface area contributed by atoms with Crippen molar-refractivity contribution in [3.05, 3.63) is 25.1 Å². The van der Waals surface area contributed by atoms with Gasteiger partial charge < -0.3 is 14.3 Å². The van der Waals surface area contributed by atoms with Crippen LogP contribution in [0.15, 0.2) is 0 Å². The molecule has 0 bridgehead atoms. The van der Waals surface area contributed by atoms with Crippen LogP contribution in [-0.4, -0.2) is 37.3 Å². The first-order chi connectivity index (χ1) is 8.04. The first kappa shape index (κ1) is 16.3. The maximum atomic E-state index is 10.5. The van der Waals surface area contributed by atoms with E-state index in [9.17, 15) is 34.6 Å². The Kier molecular flexibility index (Phi) is 5.23. The number of phosphoric ester groups is 1. The number of nitrogens with zero attached hydrogens (tertiary/aromatic N) is 3. The van der Waals surface area contributed by atoms with Crippen LogP contribution in [0.4, 0.5) is 0 Å². The Hall–Kier alpha value is -1.69. The van der Waals surface area contributed by atoms with Crippen LogP contribution >= 0.6 is 7.82 Å². The molecule has 104 valence electrons. The Labute approximate surface area is 98.0 Å². The molecule has 0 radical (unpaired) electrons. The molecule has 0 saturated carbocycles. The summed E-state index contributed by atoms with van der Waals surface area (Å²) in [6.07, 6.45) is -1.78. The fourth-order valence-electron chi connectivity index (χ4n) is 0.974. The van der Waals surface area contributed by atoms with Gasteiger partial charge in [-0.15, -0.1) is 0 Å². The van der Waals surface area contributed by atoms with Crippen LogP contribution in [0, 0.1) is 25.1 Å². The number of hydrogen-bond donors (Lipinski definition) is 2. The molecule has 0 fully saturated rings. The standard InChI is InChI=1S/C4H8N3O10P/c8-5(9)4(6(10)11,7(12)13)2-1-3-17-18(14,15)16/h1-3H2,(H2-,8,9,14,15,16). The Morgan fingerprint density at radius 3 is 1.94 bits per heavy atom. The van der Waals surface area contributed by atoms with Gasteiger partial charge in [0.25, 0.3) is 7.82 Å². The van der Waals surface area contributed by atoms with Gasteiger partial charge in [0.1, 0.15) is 0 Å². The lowest BCUT2D eigenvalue weighted by Gasteiger charge is -2.14. The van der Waals surface area contributed by atoms with Gasteiger partial charge in [-0.25, -0.2) is 5.21 Å². The van der Waals surface area contributed by atoms with Gasteiger partial charge >= 0.3 is 10.7 Å². The van der Waals surface area contributed by atoms with Crippen LogP contribution in [0.2, 0.25) is 0 Å². The van der Waals surface area contributed by atoms with Gasteiger partial charge in [-0.05, 0) is 6.42 Å². The zero-order valence-electron chi connectivity index (χ0n) is 8.57. The maximum Gasteiger partial charge on any atom is 0.736 e. The topological polar surface area (TPSA) is 196 Å². The van der Waals surface area contributed by atoms with Crippen LogP contribution in [0.3, 0.4) is 0 Å². The molecule has 0 aliphatic rings. The molecule has 0 rings (SSSR count). The predicted molar refractivity (Wildman–Crippen MR) is 47.1 cm³/mol. The molecule has 0 aromatic rings. The first-order valence-corrected chi connectivity index (χ1v) is 5.67. The second kappa shape index (κ2) is 5.77. The minimum atomic E-state index is -5.06. The molecule has 0 spiro atoms. The van der Waals surface area contributed by atoms with E-state index in [2.05, 4.69) is 4.52 Å². The van der Waals surface area contributed by atoms with Gasteiger partial charge in [0.05, 0.1) is 11.5 Å². The van der Waals surface area contributed by atoms with Crippen LogP contribution < -0.4 is 4.89 Å². The average Bonchev–Trinajstić information content (AvgIpc) is 2.13. The summed E-state index contributed by atoms with van der Waals surface area (Å²) in [5, 5.41) is 29.4. The molecule has 0 aliphatic heterocycles. The zero-order valence-corrected chi connectivity index (χ0v) is 9.47. The molecule has 0 heterocycles. The minimum absolute atomic E-state index is 0.645. The summed E-state index contributed by atoms with van der Waals surface area (Å²) < 4.78 is 13.9. The minimum Gasteiger partial charge on any atom is -0.756 e. The van der Waals surface area contributed by atoms with E-state index in [4.69, 9.17) is 10.1 Å². The van der Waals surface area contributed by atoms with E-state index in [-0.39, 0.29) is 0 Å². The highest BCUT2D eigenvalue weighted by molar-refractivity contribution is 7.44. The maximum absolute atomic E-state index is 10.5. The van der Waals surface area contributed by atoms with Crippen LogP contribution in [0.5, 0.6) is 0 Å². The fourth-order valence-corrected chi connectivity index (χ4v) is 1.33. The summed E-state index contributed by atoms with van der Waals surface area (Å²) in [5.41, 5.74) is 0. The Morgan fingerprint density at radius 2 is 1.67 bits per heavy atom. The first-order valence-electron chi connectivity index (χ1n) is 4.17. The summed E-state index contributed by atoms with van der Waals surface area (Å²) in [7, 11) is -5.06. The van der Waals surface area contributed by atoms with E-state index in [1.54, 1.807) is 0 Å². The predicted octanol–water partition coefficient (Wildman–Crippen LogP) is -1.38. The van der Waals surface area contributed by atoms with E-state index in [0.717, 1.165) is 0 Å². The van der Waals surface area contributed by atoms with E-state index < -0.39 is 47.8 Å². The Morgan fingerprint density at radius 1 is 1.22 bits per heavy atom. The summed E-state index contributed by atoms with van der Waals surface area (Å²) in [5.74, 6) is -3.55. The second-order valence-electron chi connectivity index (χ2n) is 2.97. The van der Waals surface area contributed by atoms with Crippen molar-refractivity contribution in [3.63, 3.8) is 0 Å². The van der Waals surface area contributed by atoms with Crippen LogP contribution in [0.25, 0.3) is 0 Å². The third kappa shape index (κ3) is 3.96. The van der Waals surface area contributed by atoms with Gasteiger partial charge in [-0.3, -0.25) is 24.8 Å². The number of hydrogen-bond acceptors (Lipinski definition) is 8. The van der Waals surface area contributed by atoms with Gasteiger partial charge in [-0.1, -0.05) is 0 Å². The highest BCUT2D eigenvalue weighted by atomic mass is 31.2. The molecular formula is C4H8N3O10P. The molecule has 0 aromatic heterocycles. The smallest absolute Gasteiger partial charge is 0.736 e. The Bertz CT molecular complexity index is 366. The number of phosphoric acid groups is 1. The van der Waals surface area contributed by atoms with Crippen molar-refractivity contribution in [3.8, 4) is 0 Å². The van der Waals surface area contributed by atoms with E-state index in [1.165, 1.54) is 0 Å². The molecule has 0 aromatic carbocycles. The molecule has 1 unspecified atom stereocenters. The molecule has 18 heavy (non-hydrogen) atoms. The molecular weight excluding hydrogens is 281 g/mol. The lowest BCUT2D eigenvalue weighted by Crippen LogP contribution is -2.54. The summed E-state index contributed by atoms with van der Waals surface area (Å²) in [6.45, 7) is -0.825. The van der Waals surface area contributed by atoms with Crippen LogP contribution in [0.1, 0.15) is 12.8 Å². The normalized spacial score (nSPS) is 14.8. The summed E-state index contributed by atoms with van der Waals surface area (Å²) >= 11 is 0. The largest absolute Gasteiger partial charge is 0.756 e. The van der Waals surface area contributed by atoms with Crippen molar-refractivity contribution in [1.82, 2.24) is 0 Å². The highest BCUT2D eigenvalue weighted by Crippen LogP contribution is 2.31. The van der Waals surface area contributed by atoms with Gasteiger partial charge in [-0.2, -0.15) is 0 Å². The molecule has 0 saturated heterocycles. The van der Waals surface area contributed by atoms with E-state index in [0.29, 0.717) is 0 Å². The van der Waals surface area contributed by atoms with Crippen molar-refractivity contribution in [1.29, 1.82) is 0 Å². The van der Waals surface area contributed by atoms with Crippen molar-refractivity contribution in [2.24, 2.45) is 0 Å². The van der Waals surface area contributed by atoms with Gasteiger partial charge in [0.2, 0.25) is 0 Å². The lowest BCUT2D eigenvalue weighted by molar-refractivity contribution is -1.06. The van der Waals surface area contributed by atoms with Crippen LogP contribution in [-0.2, 0) is 9.09 Å². The van der Waals surface area contributed by atoms with Crippen molar-refractivity contribution >= 4 is 7.82 Å². The molecule has 14 heteroatoms. The summed E-state index contributed by atoms with van der Waals surface area (Å²) in [4.78, 5) is 45.0. The third-order valence-electron chi connectivity index (χ3n) is 1.80. The quantitative estimate of drug-likeness (QED) is 0.176. The Balaban J connectivity index is 4.74. The van der Waals surface area contributed by atoms with Gasteiger partial charge in [0, 0.05) is 0 Å². The van der Waals surface area contributed by atoms with Crippen molar-refractivity contribution in [2.75, 3.05) is 6.61 Å². The number of nitro groups is 2. The second-order valence-corrected chi connectivity index (χ2v) is 4.16. The lowest BCUT2D eigenvalue weighted by atomic mass is 10.2. The van der Waals surface area contributed by atoms with Crippen molar-refractivity contribution < 1.29 is 38.9 Å². The highest BCUT2D eigenvalue weighted by Gasteiger charge is 2.73. The number of rotatable bonds is 8. The van der Waals surface area contributed by atoms with Crippen molar-refractivity contribution in [2.45, 2.75) is 18.6 Å². The summed E-state index contributed by atoms with van der Waals surface area (Å²) in [6, 6.07) is 0. The monoisotopic (exact) mass is 289 g/mol. The SMILES string of the molecule is O=[N+]([O-])C(CCCOP(=O)([O-])O)([N+](=O)[O-])[N+](=O)O. The average molecular weight is 289 g/mol. The van der Waals surface area contributed by atoms with E-state index in [1.807, 2.05) is 0 Å². The molecule has 13 nitrogen and oxygen atoms in total. The molecule has 2 N–H and O–H groups in total.